The van der Waals surface area contributed by atoms with Crippen molar-refractivity contribution in [3.8, 4) is 16.8 Å². The van der Waals surface area contributed by atoms with Crippen molar-refractivity contribution in [1.29, 1.82) is 0 Å². The third-order valence-corrected chi connectivity index (χ3v) is 14.9. The normalized spacial score (nSPS) is 15.9. The van der Waals surface area contributed by atoms with Gasteiger partial charge in [0.1, 0.15) is 11.2 Å². The Balaban J connectivity index is 0.979. The molecule has 2 aliphatic carbocycles. The standard InChI is InChI=1S/C64H40N2O/c1-5-26-48-44(22-1)60(45-23-2-6-27-49(45)63(48)65-54-31-13-9-18-40(54)41-19-10-14-32-55(41)65)39-36-37-52-59(38-39)67-58-35-17-30-53(62(52)58)61-46-24-3-7-28-50(46)64(51-29-8-4-25-47(51)61)66-56-33-15-11-20-42(56)43-21-12-16-34-57(43)66/h1-38,46,50H. The van der Waals surface area contributed by atoms with E-state index < -0.39 is 0 Å². The van der Waals surface area contributed by atoms with Crippen LogP contribution in [0.15, 0.2) is 235 Å². The second kappa shape index (κ2) is 13.9. The highest BCUT2D eigenvalue weighted by molar-refractivity contribution is 6.22. The smallest absolute Gasteiger partial charge is 0.136 e. The molecule has 2 aliphatic rings. The van der Waals surface area contributed by atoms with Crippen molar-refractivity contribution in [3.05, 3.63) is 247 Å². The zero-order valence-corrected chi connectivity index (χ0v) is 36.4. The average molecular weight is 853 g/mol. The number of benzene rings is 10. The van der Waals surface area contributed by atoms with Crippen molar-refractivity contribution in [2.24, 2.45) is 11.8 Å². The van der Waals surface area contributed by atoms with E-state index in [1.165, 1.54) is 104 Å². The lowest BCUT2D eigenvalue weighted by atomic mass is 9.73. The van der Waals surface area contributed by atoms with Crippen LogP contribution >= 0.6 is 0 Å². The maximum Gasteiger partial charge on any atom is 0.136 e. The van der Waals surface area contributed by atoms with Gasteiger partial charge in [0.25, 0.3) is 0 Å². The first-order valence-corrected chi connectivity index (χ1v) is 23.4. The zero-order chi connectivity index (χ0) is 43.7. The average Bonchev–Trinajstić information content (AvgIpc) is 4.05. The molecule has 67 heavy (non-hydrogen) atoms. The van der Waals surface area contributed by atoms with Crippen LogP contribution in [0.2, 0.25) is 0 Å². The number of allylic oxidation sites excluding steroid dienone is 4. The summed E-state index contributed by atoms with van der Waals surface area (Å²) in [7, 11) is 0. The van der Waals surface area contributed by atoms with Gasteiger partial charge in [0.2, 0.25) is 0 Å². The first kappa shape index (κ1) is 36.7. The molecule has 3 nitrogen and oxygen atoms in total. The van der Waals surface area contributed by atoms with Gasteiger partial charge in [-0.25, -0.2) is 0 Å². The van der Waals surface area contributed by atoms with E-state index in [1.807, 2.05) is 0 Å². The van der Waals surface area contributed by atoms with Crippen molar-refractivity contribution >= 4 is 98.4 Å². The third kappa shape index (κ3) is 5.06. The lowest BCUT2D eigenvalue weighted by molar-refractivity contribution is 0.661. The van der Waals surface area contributed by atoms with Crippen molar-refractivity contribution in [1.82, 2.24) is 9.13 Å². The topological polar surface area (TPSA) is 23.0 Å². The Morgan fingerprint density at radius 3 is 1.45 bits per heavy atom. The minimum Gasteiger partial charge on any atom is -0.456 e. The van der Waals surface area contributed by atoms with E-state index in [2.05, 4.69) is 240 Å². The van der Waals surface area contributed by atoms with Crippen molar-refractivity contribution in [3.63, 3.8) is 0 Å². The molecule has 0 saturated carbocycles. The number of rotatable bonds is 4. The van der Waals surface area contributed by atoms with E-state index in [0.717, 1.165) is 27.5 Å². The summed E-state index contributed by atoms with van der Waals surface area (Å²) in [6, 6.07) is 75.8. The van der Waals surface area contributed by atoms with Gasteiger partial charge in [0, 0.05) is 65.8 Å². The van der Waals surface area contributed by atoms with Crippen LogP contribution in [0.5, 0.6) is 0 Å². The van der Waals surface area contributed by atoms with Gasteiger partial charge in [0.15, 0.2) is 0 Å². The summed E-state index contributed by atoms with van der Waals surface area (Å²) in [6.45, 7) is 0. The molecule has 2 unspecified atom stereocenters. The fourth-order valence-electron chi connectivity index (χ4n) is 12.2. The Labute approximate surface area is 385 Å². The lowest BCUT2D eigenvalue weighted by Gasteiger charge is -2.34. The van der Waals surface area contributed by atoms with Crippen molar-refractivity contribution in [2.45, 2.75) is 0 Å². The Bertz CT molecular complexity index is 4310. The first-order valence-electron chi connectivity index (χ1n) is 23.4. The minimum absolute atomic E-state index is 0.107. The fraction of sp³-hybridized carbons (Fsp3) is 0.0312. The number of nitrogens with zero attached hydrogens (tertiary/aromatic N) is 2. The summed E-state index contributed by atoms with van der Waals surface area (Å²) in [4.78, 5) is 0. The van der Waals surface area contributed by atoms with E-state index in [-0.39, 0.29) is 11.8 Å². The highest BCUT2D eigenvalue weighted by atomic mass is 16.3. The second-order valence-corrected chi connectivity index (χ2v) is 18.2. The van der Waals surface area contributed by atoms with Gasteiger partial charge in [-0.05, 0) is 80.7 Å². The molecule has 0 N–H and O–H groups in total. The van der Waals surface area contributed by atoms with Crippen molar-refractivity contribution in [2.75, 3.05) is 0 Å². The zero-order valence-electron chi connectivity index (χ0n) is 36.4. The molecule has 3 heteroatoms. The summed E-state index contributed by atoms with van der Waals surface area (Å²) in [6.07, 6.45) is 9.31. The molecule has 0 fully saturated rings. The Morgan fingerprint density at radius 1 is 0.358 bits per heavy atom. The third-order valence-electron chi connectivity index (χ3n) is 14.9. The van der Waals surface area contributed by atoms with Gasteiger partial charge in [-0.3, -0.25) is 0 Å². The van der Waals surface area contributed by atoms with Gasteiger partial charge in [-0.15, -0.1) is 0 Å². The molecule has 2 atom stereocenters. The van der Waals surface area contributed by atoms with Gasteiger partial charge in [-0.1, -0.05) is 188 Å². The molecule has 0 radical (unpaired) electrons. The van der Waals surface area contributed by atoms with Crippen LogP contribution in [0.3, 0.4) is 0 Å². The Kier molecular flexibility index (Phi) is 7.62. The van der Waals surface area contributed by atoms with Gasteiger partial charge < -0.3 is 13.6 Å². The van der Waals surface area contributed by atoms with Crippen LogP contribution in [-0.4, -0.2) is 9.13 Å². The maximum atomic E-state index is 6.99. The maximum absolute atomic E-state index is 6.99. The molecule has 0 amide bonds. The largest absolute Gasteiger partial charge is 0.456 e. The molecule has 0 spiro atoms. The SMILES string of the molecule is C1=CC2C(c3cccc4oc5cc(-c6c7ccccc7c(-n7c8ccccc8c8ccccc87)c7ccccc67)ccc5c34)=c3ccccc3=C(n3c4ccccc4c4ccccc43)C2C=C1. The van der Waals surface area contributed by atoms with Gasteiger partial charge >= 0.3 is 0 Å². The minimum atomic E-state index is 0.107. The summed E-state index contributed by atoms with van der Waals surface area (Å²) < 4.78 is 12.0. The van der Waals surface area contributed by atoms with Crippen molar-refractivity contribution < 1.29 is 4.42 Å². The second-order valence-electron chi connectivity index (χ2n) is 18.2. The van der Waals surface area contributed by atoms with Crippen LogP contribution in [0.25, 0.3) is 115 Å². The molecular formula is C64H40N2O. The lowest BCUT2D eigenvalue weighted by Crippen LogP contribution is -2.41. The van der Waals surface area contributed by atoms with E-state index >= 15 is 0 Å². The molecule has 3 aromatic heterocycles. The summed E-state index contributed by atoms with van der Waals surface area (Å²) >= 11 is 0. The predicted molar refractivity (Wildman–Crippen MR) is 280 cm³/mol. The predicted octanol–water partition coefficient (Wildman–Crippen LogP) is 15.0. The number of fused-ring (bicyclic) bond motifs is 13. The number of hydrogen-bond acceptors (Lipinski definition) is 1. The number of hydrogen-bond donors (Lipinski definition) is 0. The molecule has 0 bridgehead atoms. The molecule has 10 aromatic carbocycles. The van der Waals surface area contributed by atoms with Crippen LogP contribution < -0.4 is 10.4 Å². The Hall–Kier alpha value is -8.66. The van der Waals surface area contributed by atoms with Crippen LogP contribution in [0.4, 0.5) is 0 Å². The molecule has 0 saturated heterocycles. The van der Waals surface area contributed by atoms with E-state index in [4.69, 9.17) is 4.42 Å². The number of para-hydroxylation sites is 4. The summed E-state index contributed by atoms with van der Waals surface area (Å²) in [5.41, 5.74) is 14.1. The van der Waals surface area contributed by atoms with Crippen LogP contribution in [0, 0.1) is 11.8 Å². The summed E-state index contributed by atoms with van der Waals surface area (Å²) in [5, 5.41) is 14.7. The molecule has 0 aliphatic heterocycles. The van der Waals surface area contributed by atoms with E-state index in [1.54, 1.807) is 0 Å². The van der Waals surface area contributed by atoms with Gasteiger partial charge in [-0.2, -0.15) is 0 Å². The molecule has 15 rings (SSSR count). The van der Waals surface area contributed by atoms with Crippen LogP contribution in [0.1, 0.15) is 5.56 Å². The molecule has 13 aromatic rings. The molecule has 312 valence electrons. The monoisotopic (exact) mass is 852 g/mol. The molecule has 3 heterocycles. The molecular weight excluding hydrogens is 813 g/mol. The first-order chi connectivity index (χ1) is 33.3. The Morgan fingerprint density at radius 2 is 0.851 bits per heavy atom. The van der Waals surface area contributed by atoms with Crippen LogP contribution in [-0.2, 0) is 0 Å². The van der Waals surface area contributed by atoms with E-state index in [9.17, 15) is 0 Å². The fourth-order valence-corrected chi connectivity index (χ4v) is 12.2. The number of aromatic nitrogens is 2. The van der Waals surface area contributed by atoms with E-state index in [0.29, 0.717) is 0 Å². The number of furan rings is 1. The summed E-state index contributed by atoms with van der Waals surface area (Å²) in [5.74, 6) is 0.219. The highest BCUT2D eigenvalue weighted by Crippen LogP contribution is 2.47. The van der Waals surface area contributed by atoms with Gasteiger partial charge in [0.05, 0.1) is 27.8 Å². The highest BCUT2D eigenvalue weighted by Gasteiger charge is 2.34. The quantitative estimate of drug-likeness (QED) is 0.162.